The van der Waals surface area contributed by atoms with Crippen LogP contribution in [0.1, 0.15) is 16.4 Å². The molecule has 0 amide bonds. The zero-order valence-electron chi connectivity index (χ0n) is 11.1. The first kappa shape index (κ1) is 13.3. The molecule has 0 saturated heterocycles. The maximum absolute atomic E-state index is 9.14. The van der Waals surface area contributed by atoms with Crippen LogP contribution in [0, 0.1) is 0 Å². The van der Waals surface area contributed by atoms with Crippen molar-refractivity contribution in [2.45, 2.75) is 5.25 Å². The first-order valence-electron chi connectivity index (χ1n) is 6.73. The summed E-state index contributed by atoms with van der Waals surface area (Å²) >= 11 is 1.78. The third-order valence-corrected chi connectivity index (χ3v) is 4.66. The summed E-state index contributed by atoms with van der Waals surface area (Å²) in [7, 11) is 0. The Kier molecular flexibility index (Phi) is 4.09. The van der Waals surface area contributed by atoms with Gasteiger partial charge in [0.2, 0.25) is 0 Å². The van der Waals surface area contributed by atoms with Gasteiger partial charge in [-0.3, -0.25) is 0 Å². The van der Waals surface area contributed by atoms with Gasteiger partial charge in [0, 0.05) is 22.9 Å². The second-order valence-corrected chi connectivity index (χ2v) is 5.89. The highest BCUT2D eigenvalue weighted by Gasteiger charge is 2.17. The Labute approximate surface area is 122 Å². The molecule has 3 aromatic rings. The molecular formula is C17H17NOS. The summed E-state index contributed by atoms with van der Waals surface area (Å²) in [5.41, 5.74) is 3.72. The standard InChI is InChI=1S/C17H17NOS/c19-10-11-20-17(13-6-2-1-3-7-13)15-12-18-16-9-5-4-8-14(15)16/h1-9,12,17-19H,10-11H2. The lowest BCUT2D eigenvalue weighted by atomic mass is 10.0. The van der Waals surface area contributed by atoms with Crippen LogP contribution in [-0.4, -0.2) is 22.5 Å². The van der Waals surface area contributed by atoms with Gasteiger partial charge in [0.05, 0.1) is 11.9 Å². The van der Waals surface area contributed by atoms with E-state index in [1.165, 1.54) is 16.5 Å². The van der Waals surface area contributed by atoms with E-state index < -0.39 is 0 Å². The molecule has 0 aliphatic carbocycles. The summed E-state index contributed by atoms with van der Waals surface area (Å²) in [4.78, 5) is 3.34. The minimum atomic E-state index is 0.205. The van der Waals surface area contributed by atoms with Crippen molar-refractivity contribution < 1.29 is 5.11 Å². The number of thioether (sulfide) groups is 1. The van der Waals surface area contributed by atoms with Crippen LogP contribution in [0.3, 0.4) is 0 Å². The molecule has 0 spiro atoms. The van der Waals surface area contributed by atoms with Crippen molar-refractivity contribution in [2.24, 2.45) is 0 Å². The van der Waals surface area contributed by atoms with E-state index in [-0.39, 0.29) is 11.9 Å². The van der Waals surface area contributed by atoms with Gasteiger partial charge in [0.25, 0.3) is 0 Å². The Morgan fingerprint density at radius 1 is 1.00 bits per heavy atom. The summed E-state index contributed by atoms with van der Waals surface area (Å²) in [6, 6.07) is 18.8. The average molecular weight is 283 g/mol. The minimum Gasteiger partial charge on any atom is -0.396 e. The van der Waals surface area contributed by atoms with Crippen molar-refractivity contribution >= 4 is 22.7 Å². The van der Waals surface area contributed by atoms with Crippen LogP contribution in [0.25, 0.3) is 10.9 Å². The molecule has 1 aromatic heterocycles. The third-order valence-electron chi connectivity index (χ3n) is 3.38. The number of hydrogen-bond donors (Lipinski definition) is 2. The van der Waals surface area contributed by atoms with Crippen molar-refractivity contribution in [1.29, 1.82) is 0 Å². The molecular weight excluding hydrogens is 266 g/mol. The molecule has 0 saturated carbocycles. The van der Waals surface area contributed by atoms with Gasteiger partial charge >= 0.3 is 0 Å². The van der Waals surface area contributed by atoms with Gasteiger partial charge < -0.3 is 10.1 Å². The predicted molar refractivity (Wildman–Crippen MR) is 86.1 cm³/mol. The highest BCUT2D eigenvalue weighted by atomic mass is 32.2. The normalized spacial score (nSPS) is 12.7. The molecule has 1 heterocycles. The summed E-state index contributed by atoms with van der Waals surface area (Å²) < 4.78 is 0. The van der Waals surface area contributed by atoms with Crippen LogP contribution >= 0.6 is 11.8 Å². The first-order valence-corrected chi connectivity index (χ1v) is 7.78. The Morgan fingerprint density at radius 3 is 2.55 bits per heavy atom. The quantitative estimate of drug-likeness (QED) is 0.743. The Hall–Kier alpha value is -1.71. The second-order valence-electron chi connectivity index (χ2n) is 4.67. The van der Waals surface area contributed by atoms with E-state index in [0.717, 1.165) is 11.3 Å². The van der Waals surface area contributed by atoms with Crippen molar-refractivity contribution in [3.63, 3.8) is 0 Å². The van der Waals surface area contributed by atoms with Crippen LogP contribution in [-0.2, 0) is 0 Å². The molecule has 0 aliphatic heterocycles. The van der Waals surface area contributed by atoms with Gasteiger partial charge in [-0.05, 0) is 17.2 Å². The number of H-pyrrole nitrogens is 1. The fourth-order valence-corrected chi connectivity index (χ4v) is 3.54. The molecule has 0 radical (unpaired) electrons. The summed E-state index contributed by atoms with van der Waals surface area (Å²) in [5.74, 6) is 0.735. The molecule has 3 heteroatoms. The average Bonchev–Trinajstić information content (AvgIpc) is 2.93. The lowest BCUT2D eigenvalue weighted by Crippen LogP contribution is -1.99. The molecule has 1 atom stereocenters. The number of para-hydroxylation sites is 1. The minimum absolute atomic E-state index is 0.205. The zero-order valence-corrected chi connectivity index (χ0v) is 11.9. The molecule has 20 heavy (non-hydrogen) atoms. The molecule has 0 fully saturated rings. The van der Waals surface area contributed by atoms with Crippen molar-refractivity contribution in [3.8, 4) is 0 Å². The second kappa shape index (κ2) is 6.16. The van der Waals surface area contributed by atoms with Gasteiger partial charge in [-0.25, -0.2) is 0 Å². The summed E-state index contributed by atoms with van der Waals surface area (Å²) in [6.45, 7) is 0.205. The number of fused-ring (bicyclic) bond motifs is 1. The van der Waals surface area contributed by atoms with E-state index in [4.69, 9.17) is 5.11 Å². The number of aliphatic hydroxyl groups excluding tert-OH is 1. The lowest BCUT2D eigenvalue weighted by molar-refractivity contribution is 0.322. The number of rotatable bonds is 5. The van der Waals surface area contributed by atoms with Crippen LogP contribution in [0.4, 0.5) is 0 Å². The monoisotopic (exact) mass is 283 g/mol. The summed E-state index contributed by atoms with van der Waals surface area (Å²) in [5, 5.41) is 10.7. The third kappa shape index (κ3) is 2.60. The number of hydrogen-bond acceptors (Lipinski definition) is 2. The molecule has 2 N–H and O–H groups in total. The van der Waals surface area contributed by atoms with Crippen LogP contribution < -0.4 is 0 Å². The van der Waals surface area contributed by atoms with Crippen LogP contribution in [0.5, 0.6) is 0 Å². The topological polar surface area (TPSA) is 36.0 Å². The highest BCUT2D eigenvalue weighted by molar-refractivity contribution is 7.99. The van der Waals surface area contributed by atoms with Gasteiger partial charge in [-0.2, -0.15) is 0 Å². The van der Waals surface area contributed by atoms with Crippen molar-refractivity contribution in [1.82, 2.24) is 4.98 Å². The van der Waals surface area contributed by atoms with E-state index in [1.54, 1.807) is 11.8 Å². The molecule has 0 aliphatic rings. The van der Waals surface area contributed by atoms with E-state index >= 15 is 0 Å². The molecule has 0 bridgehead atoms. The number of nitrogens with one attached hydrogen (secondary N) is 1. The highest BCUT2D eigenvalue weighted by Crippen LogP contribution is 2.38. The van der Waals surface area contributed by atoms with Gasteiger partial charge in [0.15, 0.2) is 0 Å². The fraction of sp³-hybridized carbons (Fsp3) is 0.176. The van der Waals surface area contributed by atoms with Gasteiger partial charge in [-0.1, -0.05) is 48.5 Å². The largest absolute Gasteiger partial charge is 0.396 e. The predicted octanol–water partition coefficient (Wildman–Crippen LogP) is 3.98. The SMILES string of the molecule is OCCSC(c1ccccc1)c1c[nH]c2ccccc12. The Bertz CT molecular complexity index is 678. The number of aromatic amines is 1. The van der Waals surface area contributed by atoms with Gasteiger partial charge in [0.1, 0.15) is 0 Å². The van der Waals surface area contributed by atoms with Crippen molar-refractivity contribution in [3.05, 3.63) is 71.9 Å². The Morgan fingerprint density at radius 2 is 1.75 bits per heavy atom. The van der Waals surface area contributed by atoms with Crippen LogP contribution in [0.2, 0.25) is 0 Å². The maximum Gasteiger partial charge on any atom is 0.0568 e. The van der Waals surface area contributed by atoms with E-state index in [9.17, 15) is 0 Å². The molecule has 102 valence electrons. The smallest absolute Gasteiger partial charge is 0.0568 e. The molecule has 3 rings (SSSR count). The summed E-state index contributed by atoms with van der Waals surface area (Å²) in [6.07, 6.45) is 2.09. The molecule has 2 nitrogen and oxygen atoms in total. The Balaban J connectivity index is 2.05. The van der Waals surface area contributed by atoms with E-state index in [1.807, 2.05) is 12.1 Å². The van der Waals surface area contributed by atoms with E-state index in [0.29, 0.717) is 0 Å². The molecule has 1 unspecified atom stereocenters. The number of aliphatic hydroxyl groups is 1. The maximum atomic E-state index is 9.14. The lowest BCUT2D eigenvalue weighted by Gasteiger charge is -2.16. The van der Waals surface area contributed by atoms with Crippen molar-refractivity contribution in [2.75, 3.05) is 12.4 Å². The number of aromatic nitrogens is 1. The fourth-order valence-electron chi connectivity index (χ4n) is 2.47. The van der Waals surface area contributed by atoms with Gasteiger partial charge in [-0.15, -0.1) is 11.8 Å². The van der Waals surface area contributed by atoms with E-state index in [2.05, 4.69) is 53.6 Å². The molecule has 2 aromatic carbocycles. The first-order chi connectivity index (χ1) is 9.90. The van der Waals surface area contributed by atoms with Crippen LogP contribution in [0.15, 0.2) is 60.8 Å². The number of benzene rings is 2. The zero-order chi connectivity index (χ0) is 13.8.